The van der Waals surface area contributed by atoms with Gasteiger partial charge in [0.15, 0.2) is 0 Å². The number of hydrazine groups is 1. The minimum absolute atomic E-state index is 0.104. The van der Waals surface area contributed by atoms with Gasteiger partial charge in [-0.05, 0) is 75.0 Å². The summed E-state index contributed by atoms with van der Waals surface area (Å²) in [4.78, 5) is 40.3. The number of rotatable bonds is 10. The number of anilines is 1. The molecule has 0 spiro atoms. The Balaban J connectivity index is 2.01. The second kappa shape index (κ2) is 12.9. The van der Waals surface area contributed by atoms with Crippen molar-refractivity contribution >= 4 is 67.4 Å². The number of hydrogen-bond donors (Lipinski definition) is 5. The van der Waals surface area contributed by atoms with Gasteiger partial charge in [0.1, 0.15) is 12.1 Å². The molecule has 0 aliphatic carbocycles. The summed E-state index contributed by atoms with van der Waals surface area (Å²) in [6, 6.07) is 8.08. The molecule has 2 amide bonds. The van der Waals surface area contributed by atoms with Crippen molar-refractivity contribution in [1.29, 1.82) is 0 Å². The van der Waals surface area contributed by atoms with Crippen LogP contribution in [0, 0.1) is 0 Å². The Morgan fingerprint density at radius 3 is 2.70 bits per heavy atom. The van der Waals surface area contributed by atoms with E-state index in [9.17, 15) is 19.5 Å². The quantitative estimate of drug-likeness (QED) is 0.0945. The third-order valence-corrected chi connectivity index (χ3v) is 5.64. The number of benzene rings is 2. The molecule has 10 nitrogen and oxygen atoms in total. The normalized spacial score (nSPS) is 10.7. The second-order valence-electron chi connectivity index (χ2n) is 6.57. The van der Waals surface area contributed by atoms with Crippen molar-refractivity contribution in [3.63, 3.8) is 0 Å². The fourth-order valence-corrected chi connectivity index (χ4v) is 4.13. The summed E-state index contributed by atoms with van der Waals surface area (Å²) in [7, 11) is 0. The van der Waals surface area contributed by atoms with Gasteiger partial charge in [-0.25, -0.2) is 10.8 Å². The first-order chi connectivity index (χ1) is 15.8. The van der Waals surface area contributed by atoms with Crippen LogP contribution in [0.4, 0.5) is 11.4 Å². The molecule has 0 radical (unpaired) electrons. The van der Waals surface area contributed by atoms with E-state index in [0.717, 1.165) is 0 Å². The molecule has 12 heteroatoms. The molecule has 176 valence electrons. The highest BCUT2D eigenvalue weighted by Gasteiger charge is 2.18. The summed E-state index contributed by atoms with van der Waals surface area (Å²) in [6.45, 7) is 1.70. The largest absolute Gasteiger partial charge is 0.506 e. The first-order valence-electron chi connectivity index (χ1n) is 9.79. The predicted octanol–water partition coefficient (Wildman–Crippen LogP) is 2.90. The van der Waals surface area contributed by atoms with E-state index in [-0.39, 0.29) is 47.9 Å². The zero-order valence-electron chi connectivity index (χ0n) is 17.7. The number of ether oxygens (including phenoxy) is 1. The zero-order valence-corrected chi connectivity index (χ0v) is 20.8. The van der Waals surface area contributed by atoms with Crippen molar-refractivity contribution in [3.8, 4) is 5.75 Å². The molecule has 2 rings (SSSR count). The van der Waals surface area contributed by atoms with Crippen LogP contribution in [0.5, 0.6) is 5.75 Å². The average Bonchev–Trinajstić information content (AvgIpc) is 2.80. The van der Waals surface area contributed by atoms with Gasteiger partial charge in [-0.2, -0.15) is 0 Å². The topological polar surface area (TPSA) is 155 Å². The van der Waals surface area contributed by atoms with Crippen LogP contribution >= 0.6 is 31.9 Å². The third-order valence-electron chi connectivity index (χ3n) is 4.25. The van der Waals surface area contributed by atoms with Gasteiger partial charge in [0.05, 0.1) is 29.0 Å². The Hall–Kier alpha value is -2.96. The van der Waals surface area contributed by atoms with Crippen molar-refractivity contribution in [2.24, 2.45) is 10.8 Å². The summed E-state index contributed by atoms with van der Waals surface area (Å²) in [5.41, 5.74) is 3.89. The first-order valence-corrected chi connectivity index (χ1v) is 11.4. The van der Waals surface area contributed by atoms with Crippen molar-refractivity contribution in [2.45, 2.75) is 19.8 Å². The van der Waals surface area contributed by atoms with Gasteiger partial charge in [-0.1, -0.05) is 6.07 Å². The SMILES string of the molecule is CCOC(=O)CCc1cc(Br)c(NC(=O)CNC(=O)c2cccc(N=CNN)c2)c(Br)c1O. The minimum Gasteiger partial charge on any atom is -0.506 e. The highest BCUT2D eigenvalue weighted by atomic mass is 79.9. The van der Waals surface area contributed by atoms with Gasteiger partial charge in [0.25, 0.3) is 5.91 Å². The highest BCUT2D eigenvalue weighted by Crippen LogP contribution is 2.41. The van der Waals surface area contributed by atoms with Crippen molar-refractivity contribution in [3.05, 3.63) is 50.4 Å². The van der Waals surface area contributed by atoms with Crippen LogP contribution in [0.2, 0.25) is 0 Å². The smallest absolute Gasteiger partial charge is 0.306 e. The summed E-state index contributed by atoms with van der Waals surface area (Å²) in [6.07, 6.45) is 1.64. The van der Waals surface area contributed by atoms with E-state index in [0.29, 0.717) is 21.3 Å². The van der Waals surface area contributed by atoms with Crippen LogP contribution in [-0.4, -0.2) is 42.4 Å². The molecule has 0 aliphatic rings. The van der Waals surface area contributed by atoms with Crippen LogP contribution in [0.1, 0.15) is 29.3 Å². The number of nitrogens with two attached hydrogens (primary N) is 1. The molecule has 0 aromatic heterocycles. The highest BCUT2D eigenvalue weighted by molar-refractivity contribution is 9.11. The summed E-state index contributed by atoms with van der Waals surface area (Å²) in [5.74, 6) is 3.69. The number of aliphatic imine (C=N–C) groups is 1. The standard InChI is InChI=1S/C21H23Br2N5O5/c1-2-33-17(30)7-6-12-9-15(22)19(18(23)20(12)31)28-16(29)10-25-21(32)13-4-3-5-14(8-13)26-11-27-24/h3-5,8-9,11,31H,2,6-7,10,24H2,1H3,(H,25,32)(H,26,27)(H,28,29). The average molecular weight is 585 g/mol. The summed E-state index contributed by atoms with van der Waals surface area (Å²) >= 11 is 6.62. The number of aromatic hydroxyl groups is 1. The zero-order chi connectivity index (χ0) is 24.4. The molecule has 2 aromatic carbocycles. The van der Waals surface area contributed by atoms with Gasteiger partial charge in [0, 0.05) is 16.5 Å². The van der Waals surface area contributed by atoms with Crippen LogP contribution in [0.15, 0.2) is 44.3 Å². The maximum absolute atomic E-state index is 12.4. The molecule has 0 atom stereocenters. The Morgan fingerprint density at radius 2 is 2.00 bits per heavy atom. The lowest BCUT2D eigenvalue weighted by Crippen LogP contribution is -2.33. The van der Waals surface area contributed by atoms with Crippen molar-refractivity contribution < 1.29 is 24.2 Å². The van der Waals surface area contributed by atoms with E-state index in [2.05, 4.69) is 52.9 Å². The number of halogens is 2. The number of carbonyl (C=O) groups is 3. The summed E-state index contributed by atoms with van der Waals surface area (Å²) < 4.78 is 5.63. The molecule has 0 saturated carbocycles. The number of nitrogens with one attached hydrogen (secondary N) is 3. The number of nitrogens with zero attached hydrogens (tertiary/aromatic N) is 1. The number of aryl methyl sites for hydroxylation is 1. The Bertz CT molecular complexity index is 1060. The van der Waals surface area contributed by atoms with E-state index in [4.69, 9.17) is 10.6 Å². The lowest BCUT2D eigenvalue weighted by Gasteiger charge is -2.15. The van der Waals surface area contributed by atoms with Crippen LogP contribution in [-0.2, 0) is 20.7 Å². The fourth-order valence-electron chi connectivity index (χ4n) is 2.72. The molecular weight excluding hydrogens is 562 g/mol. The summed E-state index contributed by atoms with van der Waals surface area (Å²) in [5, 5.41) is 15.6. The van der Waals surface area contributed by atoms with Gasteiger partial charge in [-0.15, -0.1) is 0 Å². The molecule has 0 saturated heterocycles. The van der Waals surface area contributed by atoms with Crippen LogP contribution in [0.3, 0.4) is 0 Å². The lowest BCUT2D eigenvalue weighted by molar-refractivity contribution is -0.143. The number of phenolic OH excluding ortho intramolecular Hbond substituents is 1. The fraction of sp³-hybridized carbons (Fsp3) is 0.238. The maximum Gasteiger partial charge on any atom is 0.306 e. The number of hydrogen-bond acceptors (Lipinski definition) is 7. The monoisotopic (exact) mass is 583 g/mol. The van der Waals surface area contributed by atoms with Gasteiger partial charge >= 0.3 is 5.97 Å². The van der Waals surface area contributed by atoms with Crippen LogP contribution < -0.4 is 21.9 Å². The molecule has 33 heavy (non-hydrogen) atoms. The van der Waals surface area contributed by atoms with Crippen molar-refractivity contribution in [1.82, 2.24) is 10.7 Å². The number of esters is 1. The van der Waals surface area contributed by atoms with Crippen LogP contribution in [0.25, 0.3) is 0 Å². The van der Waals surface area contributed by atoms with Gasteiger partial charge < -0.3 is 25.9 Å². The molecule has 6 N–H and O–H groups in total. The Kier molecular flexibility index (Phi) is 10.3. The molecule has 0 heterocycles. The minimum atomic E-state index is -0.509. The lowest BCUT2D eigenvalue weighted by atomic mass is 10.1. The Morgan fingerprint density at radius 1 is 1.24 bits per heavy atom. The van der Waals surface area contributed by atoms with E-state index in [1.54, 1.807) is 37.3 Å². The molecule has 0 fully saturated rings. The van der Waals surface area contributed by atoms with E-state index >= 15 is 0 Å². The number of carbonyl (C=O) groups excluding carboxylic acids is 3. The predicted molar refractivity (Wildman–Crippen MR) is 131 cm³/mol. The first kappa shape index (κ1) is 26.3. The number of amides is 2. The van der Waals surface area contributed by atoms with E-state index in [1.165, 1.54) is 6.34 Å². The molecule has 0 unspecified atom stereocenters. The van der Waals surface area contributed by atoms with Gasteiger partial charge in [0.2, 0.25) is 5.91 Å². The van der Waals surface area contributed by atoms with Crippen molar-refractivity contribution in [2.75, 3.05) is 18.5 Å². The van der Waals surface area contributed by atoms with E-state index in [1.807, 2.05) is 0 Å². The molecule has 0 aliphatic heterocycles. The third kappa shape index (κ3) is 7.84. The maximum atomic E-state index is 12.4. The van der Waals surface area contributed by atoms with E-state index < -0.39 is 11.8 Å². The Labute approximate surface area is 207 Å². The molecule has 2 aromatic rings. The second-order valence-corrected chi connectivity index (χ2v) is 8.21. The number of phenols is 1. The molecular formula is C21H23Br2N5O5. The molecule has 0 bridgehead atoms. The van der Waals surface area contributed by atoms with Gasteiger partial charge in [-0.3, -0.25) is 14.4 Å².